The van der Waals surface area contributed by atoms with Gasteiger partial charge >= 0.3 is 0 Å². The zero-order chi connectivity index (χ0) is 10.1. The Morgan fingerprint density at radius 2 is 1.93 bits per heavy atom. The molecule has 0 aliphatic carbocycles. The van der Waals surface area contributed by atoms with E-state index in [-0.39, 0.29) is 0 Å². The number of fused-ring (bicyclic) bond motifs is 1. The number of hydrogen-bond donors (Lipinski definition) is 0. The molecule has 0 amide bonds. The Morgan fingerprint density at radius 3 is 2.80 bits per heavy atom. The summed E-state index contributed by atoms with van der Waals surface area (Å²) in [5.41, 5.74) is 2.44. The van der Waals surface area contributed by atoms with Crippen molar-refractivity contribution < 1.29 is 0 Å². The van der Waals surface area contributed by atoms with E-state index in [0.29, 0.717) is 0 Å². The number of benzene rings is 2. The topological polar surface area (TPSA) is 0 Å². The minimum Gasteiger partial charge on any atom is -0.144 e. The van der Waals surface area contributed by atoms with Gasteiger partial charge in [-0.05, 0) is 34.7 Å². The molecule has 1 aromatic heterocycles. The van der Waals surface area contributed by atoms with E-state index in [1.165, 1.54) is 21.2 Å². The van der Waals surface area contributed by atoms with Crippen LogP contribution in [0.3, 0.4) is 0 Å². The van der Waals surface area contributed by atoms with Crippen LogP contribution in [0, 0.1) is 6.07 Å². The average molecular weight is 209 g/mol. The molecule has 1 heteroatoms. The first kappa shape index (κ1) is 8.69. The highest BCUT2D eigenvalue weighted by atomic mass is 32.1. The van der Waals surface area contributed by atoms with E-state index >= 15 is 0 Å². The van der Waals surface area contributed by atoms with Crippen LogP contribution in [-0.2, 0) is 0 Å². The van der Waals surface area contributed by atoms with Gasteiger partial charge in [-0.2, -0.15) is 0 Å². The first-order valence-electron chi connectivity index (χ1n) is 4.88. The lowest BCUT2D eigenvalue weighted by atomic mass is 10.0. The van der Waals surface area contributed by atoms with Crippen molar-refractivity contribution in [2.45, 2.75) is 0 Å². The van der Waals surface area contributed by atoms with E-state index in [1.807, 2.05) is 12.1 Å². The summed E-state index contributed by atoms with van der Waals surface area (Å²) in [4.78, 5) is 0. The van der Waals surface area contributed by atoms with Crippen molar-refractivity contribution in [3.63, 3.8) is 0 Å². The van der Waals surface area contributed by atoms with Crippen LogP contribution in [0.25, 0.3) is 21.2 Å². The Bertz CT molecular complexity index is 578. The predicted molar refractivity (Wildman–Crippen MR) is 66.1 cm³/mol. The van der Waals surface area contributed by atoms with Gasteiger partial charge in [0.2, 0.25) is 0 Å². The van der Waals surface area contributed by atoms with Gasteiger partial charge in [0, 0.05) is 10.1 Å². The molecule has 3 aromatic rings. The fraction of sp³-hybridized carbons (Fsp3) is 0. The van der Waals surface area contributed by atoms with Crippen LogP contribution < -0.4 is 0 Å². The van der Waals surface area contributed by atoms with Gasteiger partial charge < -0.3 is 0 Å². The molecule has 0 unspecified atom stereocenters. The van der Waals surface area contributed by atoms with Crippen molar-refractivity contribution in [1.29, 1.82) is 0 Å². The Labute approximate surface area is 92.8 Å². The summed E-state index contributed by atoms with van der Waals surface area (Å²) in [6.07, 6.45) is 0. The summed E-state index contributed by atoms with van der Waals surface area (Å²) in [5.74, 6) is 0. The van der Waals surface area contributed by atoms with Gasteiger partial charge in [0.25, 0.3) is 0 Å². The highest BCUT2D eigenvalue weighted by molar-refractivity contribution is 7.17. The molecule has 0 bridgehead atoms. The van der Waals surface area contributed by atoms with Gasteiger partial charge in [-0.1, -0.05) is 36.4 Å². The molecule has 3 rings (SSSR count). The Hall–Kier alpha value is -1.60. The summed E-state index contributed by atoms with van der Waals surface area (Å²) < 4.78 is 1.34. The second kappa shape index (κ2) is 3.52. The lowest BCUT2D eigenvalue weighted by Gasteiger charge is -2.02. The van der Waals surface area contributed by atoms with Crippen molar-refractivity contribution in [3.8, 4) is 11.1 Å². The van der Waals surface area contributed by atoms with E-state index in [0.717, 1.165) is 0 Å². The van der Waals surface area contributed by atoms with Gasteiger partial charge in [-0.25, -0.2) is 0 Å². The lowest BCUT2D eigenvalue weighted by Crippen LogP contribution is -1.77. The van der Waals surface area contributed by atoms with Crippen LogP contribution >= 0.6 is 11.3 Å². The molecule has 2 aromatic carbocycles. The van der Waals surface area contributed by atoms with Crippen molar-refractivity contribution in [1.82, 2.24) is 0 Å². The maximum Gasteiger partial charge on any atom is 0.0348 e. The van der Waals surface area contributed by atoms with Crippen molar-refractivity contribution >= 4 is 21.4 Å². The number of hydrogen-bond acceptors (Lipinski definition) is 1. The van der Waals surface area contributed by atoms with Crippen molar-refractivity contribution in [2.75, 3.05) is 0 Å². The first-order valence-corrected chi connectivity index (χ1v) is 5.76. The van der Waals surface area contributed by atoms with Gasteiger partial charge in [-0.15, -0.1) is 11.3 Å². The normalized spacial score (nSPS) is 10.7. The van der Waals surface area contributed by atoms with Crippen LogP contribution in [0.2, 0.25) is 0 Å². The van der Waals surface area contributed by atoms with Gasteiger partial charge in [-0.3, -0.25) is 0 Å². The first-order chi connectivity index (χ1) is 7.45. The zero-order valence-corrected chi connectivity index (χ0v) is 8.92. The second-order valence-corrected chi connectivity index (χ2v) is 4.36. The molecule has 1 heterocycles. The van der Waals surface area contributed by atoms with Crippen LogP contribution in [0.4, 0.5) is 0 Å². The van der Waals surface area contributed by atoms with E-state index in [2.05, 4.69) is 47.8 Å². The maximum atomic E-state index is 3.27. The molecule has 1 radical (unpaired) electrons. The molecule has 15 heavy (non-hydrogen) atoms. The molecular weight excluding hydrogens is 200 g/mol. The third kappa shape index (κ3) is 1.45. The third-order valence-electron chi connectivity index (χ3n) is 2.50. The summed E-state index contributed by atoms with van der Waals surface area (Å²) in [7, 11) is 0. The summed E-state index contributed by atoms with van der Waals surface area (Å²) in [6, 6.07) is 20.0. The summed E-state index contributed by atoms with van der Waals surface area (Å²) in [6.45, 7) is 0. The fourth-order valence-corrected chi connectivity index (χ4v) is 2.60. The molecule has 71 valence electrons. The third-order valence-corrected chi connectivity index (χ3v) is 3.38. The van der Waals surface area contributed by atoms with Crippen LogP contribution in [0.5, 0.6) is 0 Å². The smallest absolute Gasteiger partial charge is 0.0348 e. The fourth-order valence-electron chi connectivity index (χ4n) is 1.79. The zero-order valence-electron chi connectivity index (χ0n) is 8.10. The molecule has 0 atom stereocenters. The second-order valence-electron chi connectivity index (χ2n) is 3.41. The van der Waals surface area contributed by atoms with Crippen LogP contribution in [-0.4, -0.2) is 0 Å². The van der Waals surface area contributed by atoms with Gasteiger partial charge in [0.1, 0.15) is 0 Å². The largest absolute Gasteiger partial charge is 0.144 e. The average Bonchev–Trinajstić information content (AvgIpc) is 2.78. The summed E-state index contributed by atoms with van der Waals surface area (Å²) >= 11 is 1.78. The van der Waals surface area contributed by atoms with Crippen molar-refractivity contribution in [3.05, 3.63) is 60.0 Å². The Morgan fingerprint density at radius 1 is 0.933 bits per heavy atom. The molecule has 0 spiro atoms. The highest BCUT2D eigenvalue weighted by Crippen LogP contribution is 2.30. The maximum absolute atomic E-state index is 3.27. The molecule has 0 aliphatic rings. The lowest BCUT2D eigenvalue weighted by molar-refractivity contribution is 1.65. The van der Waals surface area contributed by atoms with Crippen molar-refractivity contribution in [2.24, 2.45) is 0 Å². The van der Waals surface area contributed by atoms with E-state index in [1.54, 1.807) is 11.3 Å². The van der Waals surface area contributed by atoms with E-state index < -0.39 is 0 Å². The molecule has 0 N–H and O–H groups in total. The Balaban J connectivity index is 2.31. The monoisotopic (exact) mass is 209 g/mol. The highest BCUT2D eigenvalue weighted by Gasteiger charge is 2.03. The minimum atomic E-state index is 1.17. The van der Waals surface area contributed by atoms with Crippen LogP contribution in [0.1, 0.15) is 0 Å². The van der Waals surface area contributed by atoms with E-state index in [9.17, 15) is 0 Å². The molecular formula is C14H9S. The molecule has 0 saturated carbocycles. The molecule has 0 saturated heterocycles. The predicted octanol–water partition coefficient (Wildman–Crippen LogP) is 4.37. The summed E-state index contributed by atoms with van der Waals surface area (Å²) in [5, 5.41) is 3.46. The molecule has 0 nitrogen and oxygen atoms in total. The number of thiophene rings is 1. The molecule has 0 aliphatic heterocycles. The van der Waals surface area contributed by atoms with Gasteiger partial charge in [0.15, 0.2) is 0 Å². The van der Waals surface area contributed by atoms with Crippen LogP contribution in [0.15, 0.2) is 53.9 Å². The SMILES string of the molecule is [c]1ccccc1-c1cccc2sccc12. The molecule has 0 fully saturated rings. The standard InChI is InChI=1S/C14H9S/c1-2-5-11(6-3-1)12-7-4-8-14-13(12)9-10-15-14/h1-5,7-10H. The van der Waals surface area contributed by atoms with Gasteiger partial charge in [0.05, 0.1) is 0 Å². The Kier molecular flexibility index (Phi) is 2.04. The minimum absolute atomic E-state index is 1.17. The number of rotatable bonds is 1. The van der Waals surface area contributed by atoms with E-state index in [4.69, 9.17) is 0 Å². The quantitative estimate of drug-likeness (QED) is 0.558.